The Morgan fingerprint density at radius 1 is 1.03 bits per heavy atom. The average Bonchev–Trinajstić information content (AvgIpc) is 2.78. The molecule has 0 aliphatic heterocycles. The van der Waals surface area contributed by atoms with Gasteiger partial charge in [0, 0.05) is 16.0 Å². The lowest BCUT2D eigenvalue weighted by atomic mass is 10.0. The minimum Gasteiger partial charge on any atom is -0.271 e. The zero-order valence-corrected chi connectivity index (χ0v) is 17.5. The number of hydrogen-bond donors (Lipinski definition) is 1. The van der Waals surface area contributed by atoms with Crippen LogP contribution < -0.4 is 11.0 Å². The maximum Gasteiger partial charge on any atom is 0.275 e. The molecule has 0 unspecified atom stereocenters. The quantitative estimate of drug-likeness (QED) is 0.381. The SMILES string of the molecule is Cc1ccc(-c2nn(CC(=O)N/N=C/c3ccc(Cl)cc3)c(=O)c3ccccc23)cc1. The van der Waals surface area contributed by atoms with Gasteiger partial charge in [0.25, 0.3) is 11.5 Å². The molecule has 1 aromatic heterocycles. The fourth-order valence-electron chi connectivity index (χ4n) is 3.17. The van der Waals surface area contributed by atoms with E-state index >= 15 is 0 Å². The summed E-state index contributed by atoms with van der Waals surface area (Å²) in [4.78, 5) is 25.3. The molecule has 1 amide bonds. The second kappa shape index (κ2) is 8.93. The predicted octanol–water partition coefficient (Wildman–Crippen LogP) is 4.18. The van der Waals surface area contributed by atoms with Gasteiger partial charge in [0.2, 0.25) is 0 Å². The Hall–Kier alpha value is -3.77. The number of carbonyl (C=O) groups excluding carboxylic acids is 1. The zero-order valence-electron chi connectivity index (χ0n) is 16.7. The third-order valence-corrected chi connectivity index (χ3v) is 5.01. The standard InChI is InChI=1S/C24H19ClN4O2/c1-16-6-10-18(11-7-16)23-20-4-2-3-5-21(20)24(31)29(28-23)15-22(30)27-26-14-17-8-12-19(25)13-9-17/h2-14H,15H2,1H3,(H,27,30)/b26-14+. The number of hydrogen-bond acceptors (Lipinski definition) is 4. The van der Waals surface area contributed by atoms with E-state index in [0.29, 0.717) is 16.1 Å². The van der Waals surface area contributed by atoms with Crippen molar-refractivity contribution in [3.05, 3.63) is 99.3 Å². The van der Waals surface area contributed by atoms with E-state index in [-0.39, 0.29) is 12.1 Å². The molecule has 3 aromatic carbocycles. The third-order valence-electron chi connectivity index (χ3n) is 4.76. The van der Waals surface area contributed by atoms with Gasteiger partial charge in [-0.15, -0.1) is 0 Å². The topological polar surface area (TPSA) is 76.3 Å². The van der Waals surface area contributed by atoms with E-state index < -0.39 is 5.91 Å². The first-order chi connectivity index (χ1) is 15.0. The Bertz CT molecular complexity index is 1330. The molecule has 0 bridgehead atoms. The summed E-state index contributed by atoms with van der Waals surface area (Å²) < 4.78 is 1.17. The number of aromatic nitrogens is 2. The van der Waals surface area contributed by atoms with Crippen molar-refractivity contribution in [1.29, 1.82) is 0 Å². The maximum atomic E-state index is 12.9. The fourth-order valence-corrected chi connectivity index (χ4v) is 3.29. The van der Waals surface area contributed by atoms with E-state index in [1.807, 2.05) is 43.3 Å². The maximum absolute atomic E-state index is 12.9. The van der Waals surface area contributed by atoms with Gasteiger partial charge in [-0.3, -0.25) is 9.59 Å². The molecule has 31 heavy (non-hydrogen) atoms. The summed E-state index contributed by atoms with van der Waals surface area (Å²) in [5.74, 6) is -0.454. The van der Waals surface area contributed by atoms with Crippen LogP contribution in [0, 0.1) is 6.92 Å². The van der Waals surface area contributed by atoms with Crippen LogP contribution in [0.3, 0.4) is 0 Å². The highest BCUT2D eigenvalue weighted by Gasteiger charge is 2.14. The smallest absolute Gasteiger partial charge is 0.271 e. The third kappa shape index (κ3) is 4.70. The van der Waals surface area contributed by atoms with Crippen LogP contribution in [0.15, 0.2) is 82.7 Å². The van der Waals surface area contributed by atoms with Crippen LogP contribution in [-0.4, -0.2) is 21.9 Å². The van der Waals surface area contributed by atoms with Crippen LogP contribution in [0.1, 0.15) is 11.1 Å². The average molecular weight is 431 g/mol. The van der Waals surface area contributed by atoms with Crippen LogP contribution in [0.4, 0.5) is 0 Å². The lowest BCUT2D eigenvalue weighted by Gasteiger charge is -2.11. The lowest BCUT2D eigenvalue weighted by Crippen LogP contribution is -2.32. The predicted molar refractivity (Wildman–Crippen MR) is 123 cm³/mol. The zero-order chi connectivity index (χ0) is 21.8. The first-order valence-electron chi connectivity index (χ1n) is 9.65. The van der Waals surface area contributed by atoms with Crippen LogP contribution >= 0.6 is 11.6 Å². The summed E-state index contributed by atoms with van der Waals surface area (Å²) in [5, 5.41) is 10.3. The van der Waals surface area contributed by atoms with Gasteiger partial charge in [-0.2, -0.15) is 10.2 Å². The number of rotatable bonds is 5. The first-order valence-corrected chi connectivity index (χ1v) is 10.0. The van der Waals surface area contributed by atoms with E-state index in [4.69, 9.17) is 11.6 Å². The number of aryl methyl sites for hydroxylation is 1. The molecular formula is C24H19ClN4O2. The largest absolute Gasteiger partial charge is 0.275 e. The van der Waals surface area contributed by atoms with Gasteiger partial charge in [-0.05, 0) is 30.7 Å². The van der Waals surface area contributed by atoms with Crippen molar-refractivity contribution in [1.82, 2.24) is 15.2 Å². The monoisotopic (exact) mass is 430 g/mol. The Kier molecular flexibility index (Phi) is 5.91. The van der Waals surface area contributed by atoms with Crippen molar-refractivity contribution < 1.29 is 4.79 Å². The number of nitrogens with one attached hydrogen (secondary N) is 1. The molecule has 0 aliphatic carbocycles. The van der Waals surface area contributed by atoms with Crippen molar-refractivity contribution in [2.24, 2.45) is 5.10 Å². The Morgan fingerprint density at radius 2 is 1.71 bits per heavy atom. The van der Waals surface area contributed by atoms with Crippen molar-refractivity contribution >= 4 is 34.5 Å². The molecule has 0 spiro atoms. The number of nitrogens with zero attached hydrogens (tertiary/aromatic N) is 3. The Morgan fingerprint density at radius 3 is 2.42 bits per heavy atom. The molecule has 4 rings (SSSR count). The van der Waals surface area contributed by atoms with E-state index in [1.54, 1.807) is 36.4 Å². The van der Waals surface area contributed by atoms with Crippen LogP contribution in [-0.2, 0) is 11.3 Å². The molecule has 0 aliphatic rings. The molecule has 0 radical (unpaired) electrons. The van der Waals surface area contributed by atoms with Gasteiger partial charge in [-0.1, -0.05) is 71.8 Å². The Balaban J connectivity index is 1.62. The number of benzene rings is 3. The molecule has 4 aromatic rings. The minimum absolute atomic E-state index is 0.250. The van der Waals surface area contributed by atoms with Gasteiger partial charge in [0.05, 0.1) is 17.3 Å². The van der Waals surface area contributed by atoms with Gasteiger partial charge >= 0.3 is 0 Å². The van der Waals surface area contributed by atoms with Crippen molar-refractivity contribution in [3.8, 4) is 11.3 Å². The van der Waals surface area contributed by atoms with Crippen molar-refractivity contribution in [2.75, 3.05) is 0 Å². The van der Waals surface area contributed by atoms with Crippen molar-refractivity contribution in [2.45, 2.75) is 13.5 Å². The molecule has 154 valence electrons. The summed E-state index contributed by atoms with van der Waals surface area (Å²) in [7, 11) is 0. The van der Waals surface area contributed by atoms with E-state index in [2.05, 4.69) is 15.6 Å². The molecule has 0 saturated carbocycles. The number of amides is 1. The molecule has 0 atom stereocenters. The highest BCUT2D eigenvalue weighted by molar-refractivity contribution is 6.30. The number of fused-ring (bicyclic) bond motifs is 1. The summed E-state index contributed by atoms with van der Waals surface area (Å²) in [6.07, 6.45) is 1.50. The van der Waals surface area contributed by atoms with Crippen molar-refractivity contribution in [3.63, 3.8) is 0 Å². The summed E-state index contributed by atoms with van der Waals surface area (Å²) >= 11 is 5.85. The fraction of sp³-hybridized carbons (Fsp3) is 0.0833. The normalized spacial score (nSPS) is 11.2. The van der Waals surface area contributed by atoms with Gasteiger partial charge in [0.1, 0.15) is 6.54 Å². The Labute approximate surface area is 183 Å². The van der Waals surface area contributed by atoms with E-state index in [1.165, 1.54) is 10.9 Å². The highest BCUT2D eigenvalue weighted by Crippen LogP contribution is 2.24. The molecule has 7 heteroatoms. The van der Waals surface area contributed by atoms with E-state index in [0.717, 1.165) is 22.1 Å². The lowest BCUT2D eigenvalue weighted by molar-refractivity contribution is -0.121. The number of carbonyl (C=O) groups is 1. The van der Waals surface area contributed by atoms with Gasteiger partial charge < -0.3 is 0 Å². The molecule has 6 nitrogen and oxygen atoms in total. The van der Waals surface area contributed by atoms with Crippen LogP contribution in [0.5, 0.6) is 0 Å². The summed E-state index contributed by atoms with van der Waals surface area (Å²) in [6, 6.07) is 22.2. The second-order valence-corrected chi connectivity index (χ2v) is 7.50. The van der Waals surface area contributed by atoms with Gasteiger partial charge in [-0.25, -0.2) is 10.1 Å². The molecular weight excluding hydrogens is 412 g/mol. The number of hydrazone groups is 1. The molecule has 0 fully saturated rings. The minimum atomic E-state index is -0.454. The summed E-state index contributed by atoms with van der Waals surface area (Å²) in [6.45, 7) is 1.76. The second-order valence-electron chi connectivity index (χ2n) is 7.07. The van der Waals surface area contributed by atoms with Crippen LogP contribution in [0.2, 0.25) is 5.02 Å². The highest BCUT2D eigenvalue weighted by atomic mass is 35.5. The molecule has 0 saturated heterocycles. The first kappa shape index (κ1) is 20.5. The van der Waals surface area contributed by atoms with E-state index in [9.17, 15) is 9.59 Å². The molecule has 1 heterocycles. The molecule has 1 N–H and O–H groups in total. The van der Waals surface area contributed by atoms with Crippen LogP contribution in [0.25, 0.3) is 22.0 Å². The van der Waals surface area contributed by atoms with Gasteiger partial charge in [0.15, 0.2) is 0 Å². The number of halogens is 1. The summed E-state index contributed by atoms with van der Waals surface area (Å²) in [5.41, 5.74) is 5.53.